The molecule has 0 radical (unpaired) electrons. The lowest BCUT2D eigenvalue weighted by atomic mass is 10.2. The molecule has 2 amide bonds. The van der Waals surface area contributed by atoms with Crippen LogP contribution in [0.5, 0.6) is 5.75 Å². The van der Waals surface area contributed by atoms with Crippen molar-refractivity contribution in [2.75, 3.05) is 18.5 Å². The molecule has 3 rings (SSSR count). The van der Waals surface area contributed by atoms with Gasteiger partial charge in [-0.3, -0.25) is 14.5 Å². The van der Waals surface area contributed by atoms with Gasteiger partial charge in [0.15, 0.2) is 5.17 Å². The molecule has 0 aliphatic carbocycles. The van der Waals surface area contributed by atoms with Crippen molar-refractivity contribution < 1.29 is 14.3 Å². The Morgan fingerprint density at radius 2 is 2.03 bits per heavy atom. The monoisotopic (exact) mass is 431 g/mol. The summed E-state index contributed by atoms with van der Waals surface area (Å²) in [7, 11) is 0. The number of amides is 2. The van der Waals surface area contributed by atoms with Crippen LogP contribution in [-0.4, -0.2) is 40.3 Å². The van der Waals surface area contributed by atoms with Crippen molar-refractivity contribution in [3.8, 4) is 5.75 Å². The third-order valence-corrected chi connectivity index (χ3v) is 5.64. The summed E-state index contributed by atoms with van der Waals surface area (Å²) in [6, 6.07) is 14.2. The Kier molecular flexibility index (Phi) is 7.17. The van der Waals surface area contributed by atoms with Crippen molar-refractivity contribution in [2.45, 2.75) is 25.5 Å². The molecule has 1 saturated heterocycles. The highest BCUT2D eigenvalue weighted by Gasteiger charge is 2.35. The molecule has 8 heteroatoms. The third-order valence-electron chi connectivity index (χ3n) is 4.21. The molecule has 2 aromatic rings. The van der Waals surface area contributed by atoms with E-state index in [9.17, 15) is 9.59 Å². The van der Waals surface area contributed by atoms with Crippen LogP contribution in [0.3, 0.4) is 0 Å². The molecule has 0 bridgehead atoms. The fraction of sp³-hybridized carbons (Fsp3) is 0.286. The lowest BCUT2D eigenvalue weighted by molar-refractivity contribution is -0.129. The van der Waals surface area contributed by atoms with Crippen LogP contribution in [0.2, 0.25) is 5.02 Å². The summed E-state index contributed by atoms with van der Waals surface area (Å²) < 4.78 is 5.41. The van der Waals surface area contributed by atoms with E-state index < -0.39 is 5.25 Å². The van der Waals surface area contributed by atoms with Gasteiger partial charge < -0.3 is 10.1 Å². The Bertz CT molecular complexity index is 918. The Balaban J connectivity index is 1.75. The van der Waals surface area contributed by atoms with E-state index in [0.717, 1.165) is 5.75 Å². The Morgan fingerprint density at radius 1 is 1.28 bits per heavy atom. The van der Waals surface area contributed by atoms with E-state index in [2.05, 4.69) is 10.3 Å². The zero-order valence-corrected chi connectivity index (χ0v) is 17.8. The van der Waals surface area contributed by atoms with Crippen LogP contribution in [0.15, 0.2) is 53.5 Å². The molecule has 0 spiro atoms. The van der Waals surface area contributed by atoms with Gasteiger partial charge in [-0.2, -0.15) is 0 Å². The van der Waals surface area contributed by atoms with Gasteiger partial charge in [-0.1, -0.05) is 29.4 Å². The summed E-state index contributed by atoms with van der Waals surface area (Å²) in [5, 5.41) is 3.37. The molecule has 29 heavy (non-hydrogen) atoms. The number of nitrogens with zero attached hydrogens (tertiary/aromatic N) is 2. The molecule has 1 aliphatic heterocycles. The highest BCUT2D eigenvalue weighted by atomic mass is 35.5. The summed E-state index contributed by atoms with van der Waals surface area (Å²) in [6.45, 7) is 4.86. The average Bonchev–Trinajstić information content (AvgIpc) is 2.69. The van der Waals surface area contributed by atoms with E-state index in [1.54, 1.807) is 53.4 Å². The van der Waals surface area contributed by atoms with Gasteiger partial charge in [-0.05, 0) is 56.3 Å². The molecular formula is C21H22ClN3O3S. The standard InChI is InChI=1S/C21H22ClN3O3S/c1-3-25-19(26)13-18(29-21(25)24-16-7-5-6-14(22)12-16)20(27)23-15-8-10-17(11-9-15)28-4-2/h5-12,18H,3-4,13H2,1-2H3,(H,23,27)/t18-/m0/s1. The van der Waals surface area contributed by atoms with Gasteiger partial charge in [0.25, 0.3) is 0 Å². The van der Waals surface area contributed by atoms with Gasteiger partial charge in [0.1, 0.15) is 11.0 Å². The maximum atomic E-state index is 12.8. The van der Waals surface area contributed by atoms with Crippen LogP contribution in [0, 0.1) is 0 Å². The van der Waals surface area contributed by atoms with E-state index in [-0.39, 0.29) is 18.2 Å². The van der Waals surface area contributed by atoms with Crippen molar-refractivity contribution in [1.29, 1.82) is 0 Å². The summed E-state index contributed by atoms with van der Waals surface area (Å²) >= 11 is 7.31. The number of ether oxygens (including phenoxy) is 1. The molecule has 2 aromatic carbocycles. The van der Waals surface area contributed by atoms with Gasteiger partial charge in [0, 0.05) is 23.7 Å². The molecular weight excluding hydrogens is 410 g/mol. The highest BCUT2D eigenvalue weighted by Crippen LogP contribution is 2.30. The molecule has 1 aliphatic rings. The molecule has 1 heterocycles. The Morgan fingerprint density at radius 3 is 2.69 bits per heavy atom. The van der Waals surface area contributed by atoms with Crippen LogP contribution in [-0.2, 0) is 9.59 Å². The van der Waals surface area contributed by atoms with Crippen molar-refractivity contribution in [3.63, 3.8) is 0 Å². The molecule has 1 atom stereocenters. The first-order valence-electron chi connectivity index (χ1n) is 9.35. The smallest absolute Gasteiger partial charge is 0.238 e. The average molecular weight is 432 g/mol. The predicted octanol–water partition coefficient (Wildman–Crippen LogP) is 4.72. The molecule has 0 unspecified atom stereocenters. The van der Waals surface area contributed by atoms with Crippen molar-refractivity contribution in [3.05, 3.63) is 53.6 Å². The maximum Gasteiger partial charge on any atom is 0.238 e. The molecule has 1 N–H and O–H groups in total. The van der Waals surface area contributed by atoms with Crippen molar-refractivity contribution >= 4 is 51.7 Å². The number of nitrogens with one attached hydrogen (secondary N) is 1. The zero-order valence-electron chi connectivity index (χ0n) is 16.2. The first kappa shape index (κ1) is 21.2. The number of benzene rings is 2. The second-order valence-electron chi connectivity index (χ2n) is 6.27. The van der Waals surface area contributed by atoms with Crippen LogP contribution in [0.4, 0.5) is 11.4 Å². The van der Waals surface area contributed by atoms with Gasteiger partial charge in [-0.15, -0.1) is 0 Å². The lowest BCUT2D eigenvalue weighted by Gasteiger charge is -2.30. The van der Waals surface area contributed by atoms with Gasteiger partial charge in [0.05, 0.1) is 12.3 Å². The first-order valence-corrected chi connectivity index (χ1v) is 10.6. The lowest BCUT2D eigenvalue weighted by Crippen LogP contribution is -2.45. The highest BCUT2D eigenvalue weighted by molar-refractivity contribution is 8.15. The fourth-order valence-corrected chi connectivity index (χ4v) is 4.18. The van der Waals surface area contributed by atoms with E-state index in [1.807, 2.05) is 13.8 Å². The van der Waals surface area contributed by atoms with Crippen LogP contribution >= 0.6 is 23.4 Å². The minimum atomic E-state index is -0.560. The molecule has 0 saturated carbocycles. The number of carbonyl (C=O) groups is 2. The van der Waals surface area contributed by atoms with Gasteiger partial charge in [0.2, 0.25) is 11.8 Å². The SMILES string of the molecule is CCOc1ccc(NC(=O)[C@@H]2CC(=O)N(CC)C(=Nc3cccc(Cl)c3)S2)cc1. The van der Waals surface area contributed by atoms with E-state index in [1.165, 1.54) is 11.8 Å². The number of carbonyl (C=O) groups excluding carboxylic acids is 2. The quantitative estimate of drug-likeness (QED) is 0.718. The fourth-order valence-electron chi connectivity index (χ4n) is 2.83. The topological polar surface area (TPSA) is 71.0 Å². The Labute approximate surface area is 179 Å². The number of thioether (sulfide) groups is 1. The van der Waals surface area contributed by atoms with Crippen LogP contribution in [0.25, 0.3) is 0 Å². The number of anilines is 1. The number of hydrogen-bond donors (Lipinski definition) is 1. The third kappa shape index (κ3) is 5.52. The summed E-state index contributed by atoms with van der Waals surface area (Å²) in [6.07, 6.45) is 0.121. The van der Waals surface area contributed by atoms with Gasteiger partial charge in [-0.25, -0.2) is 4.99 Å². The predicted molar refractivity (Wildman–Crippen MR) is 118 cm³/mol. The number of halogens is 1. The molecule has 1 fully saturated rings. The number of hydrogen-bond acceptors (Lipinski definition) is 5. The molecule has 0 aromatic heterocycles. The Hall–Kier alpha value is -2.51. The van der Waals surface area contributed by atoms with E-state index in [4.69, 9.17) is 16.3 Å². The van der Waals surface area contributed by atoms with Crippen molar-refractivity contribution in [2.24, 2.45) is 4.99 Å². The largest absolute Gasteiger partial charge is 0.494 e. The number of amidine groups is 1. The maximum absolute atomic E-state index is 12.8. The molecule has 152 valence electrons. The zero-order chi connectivity index (χ0) is 20.8. The van der Waals surface area contributed by atoms with E-state index in [0.29, 0.717) is 34.7 Å². The van der Waals surface area contributed by atoms with Crippen LogP contribution < -0.4 is 10.1 Å². The van der Waals surface area contributed by atoms with Crippen molar-refractivity contribution in [1.82, 2.24) is 4.90 Å². The second kappa shape index (κ2) is 9.80. The number of rotatable bonds is 6. The minimum Gasteiger partial charge on any atom is -0.494 e. The summed E-state index contributed by atoms with van der Waals surface area (Å²) in [4.78, 5) is 31.5. The van der Waals surface area contributed by atoms with Crippen LogP contribution in [0.1, 0.15) is 20.3 Å². The second-order valence-corrected chi connectivity index (χ2v) is 7.88. The summed E-state index contributed by atoms with van der Waals surface area (Å²) in [5.41, 5.74) is 1.29. The normalized spacial score (nSPS) is 18.0. The first-order chi connectivity index (χ1) is 14.0. The summed E-state index contributed by atoms with van der Waals surface area (Å²) in [5.74, 6) is 0.378. The van der Waals surface area contributed by atoms with Gasteiger partial charge >= 0.3 is 0 Å². The number of aliphatic imine (C=N–C) groups is 1. The molecule has 6 nitrogen and oxygen atoms in total. The van der Waals surface area contributed by atoms with E-state index >= 15 is 0 Å². The minimum absolute atomic E-state index is 0.121.